The lowest BCUT2D eigenvalue weighted by Crippen LogP contribution is -2.47. The third-order valence-electron chi connectivity index (χ3n) is 3.76. The van der Waals surface area contributed by atoms with Gasteiger partial charge >= 0.3 is 0 Å². The van der Waals surface area contributed by atoms with Gasteiger partial charge < -0.3 is 5.11 Å². The maximum atomic E-state index is 9.01. The van der Waals surface area contributed by atoms with Gasteiger partial charge in [0.25, 0.3) is 0 Å². The van der Waals surface area contributed by atoms with Crippen LogP contribution in [0.1, 0.15) is 5.56 Å². The van der Waals surface area contributed by atoms with E-state index in [9.17, 15) is 0 Å². The van der Waals surface area contributed by atoms with Crippen LogP contribution in [0.25, 0.3) is 11.1 Å². The Hall–Kier alpha value is -1.64. The first-order valence-corrected chi connectivity index (χ1v) is 6.83. The molecular formula is C17H19NO. The lowest BCUT2D eigenvalue weighted by molar-refractivity contribution is 0.0479. The maximum Gasteiger partial charge on any atom is 0.0483 e. The molecule has 0 spiro atoms. The molecule has 1 aliphatic rings. The highest BCUT2D eigenvalue weighted by molar-refractivity contribution is 5.63. The Kier molecular flexibility index (Phi) is 3.62. The fourth-order valence-corrected chi connectivity index (χ4v) is 2.61. The van der Waals surface area contributed by atoms with Gasteiger partial charge in [0.05, 0.1) is 0 Å². The topological polar surface area (TPSA) is 23.5 Å². The van der Waals surface area contributed by atoms with Crippen molar-refractivity contribution in [3.8, 4) is 11.1 Å². The number of likely N-dealkylation sites (tertiary alicyclic amines) is 1. The van der Waals surface area contributed by atoms with Crippen LogP contribution in [0.2, 0.25) is 0 Å². The smallest absolute Gasteiger partial charge is 0.0483 e. The highest BCUT2D eigenvalue weighted by atomic mass is 16.3. The Balaban J connectivity index is 1.63. The molecule has 98 valence electrons. The summed E-state index contributed by atoms with van der Waals surface area (Å²) in [5.74, 6) is 0.489. The second-order valence-corrected chi connectivity index (χ2v) is 5.31. The van der Waals surface area contributed by atoms with Crippen molar-refractivity contribution in [1.82, 2.24) is 4.90 Å². The van der Waals surface area contributed by atoms with E-state index in [0.29, 0.717) is 12.5 Å². The van der Waals surface area contributed by atoms with Crippen LogP contribution in [-0.4, -0.2) is 29.7 Å². The van der Waals surface area contributed by atoms with Crippen LogP contribution in [-0.2, 0) is 6.54 Å². The van der Waals surface area contributed by atoms with Gasteiger partial charge in [0, 0.05) is 32.2 Å². The van der Waals surface area contributed by atoms with Crippen LogP contribution in [0.3, 0.4) is 0 Å². The van der Waals surface area contributed by atoms with Crippen molar-refractivity contribution in [3.63, 3.8) is 0 Å². The normalized spacial score (nSPS) is 16.3. The molecule has 0 saturated carbocycles. The van der Waals surface area contributed by atoms with E-state index in [1.54, 1.807) is 0 Å². The molecule has 1 aliphatic heterocycles. The molecule has 2 aromatic rings. The van der Waals surface area contributed by atoms with Gasteiger partial charge in [0.1, 0.15) is 0 Å². The van der Waals surface area contributed by atoms with Gasteiger partial charge in [0.15, 0.2) is 0 Å². The van der Waals surface area contributed by atoms with Gasteiger partial charge in [-0.1, -0.05) is 54.6 Å². The summed E-state index contributed by atoms with van der Waals surface area (Å²) in [4.78, 5) is 2.37. The van der Waals surface area contributed by atoms with Crippen molar-refractivity contribution in [1.29, 1.82) is 0 Å². The summed E-state index contributed by atoms with van der Waals surface area (Å²) < 4.78 is 0. The molecule has 1 N–H and O–H groups in total. The summed E-state index contributed by atoms with van der Waals surface area (Å²) in [5, 5.41) is 9.01. The van der Waals surface area contributed by atoms with Gasteiger partial charge in [0.2, 0.25) is 0 Å². The Bertz CT molecular complexity index is 515. The maximum absolute atomic E-state index is 9.01. The zero-order valence-electron chi connectivity index (χ0n) is 11.0. The number of benzene rings is 2. The largest absolute Gasteiger partial charge is 0.396 e. The Morgan fingerprint density at radius 2 is 1.53 bits per heavy atom. The molecular weight excluding hydrogens is 234 g/mol. The third-order valence-corrected chi connectivity index (χ3v) is 3.76. The monoisotopic (exact) mass is 253 g/mol. The number of aliphatic hydroxyl groups is 1. The molecule has 19 heavy (non-hydrogen) atoms. The van der Waals surface area contributed by atoms with Crippen LogP contribution in [0.4, 0.5) is 0 Å². The van der Waals surface area contributed by atoms with Gasteiger partial charge in [-0.05, 0) is 16.7 Å². The molecule has 0 unspecified atom stereocenters. The van der Waals surface area contributed by atoms with Crippen LogP contribution in [0, 0.1) is 5.92 Å². The van der Waals surface area contributed by atoms with Gasteiger partial charge in [-0.15, -0.1) is 0 Å². The summed E-state index contributed by atoms with van der Waals surface area (Å²) in [6.07, 6.45) is 0. The molecule has 0 atom stereocenters. The average molecular weight is 253 g/mol. The van der Waals surface area contributed by atoms with Crippen molar-refractivity contribution in [2.45, 2.75) is 6.54 Å². The molecule has 2 heteroatoms. The lowest BCUT2D eigenvalue weighted by atomic mass is 9.99. The van der Waals surface area contributed by atoms with E-state index in [4.69, 9.17) is 5.11 Å². The fourth-order valence-electron chi connectivity index (χ4n) is 2.61. The quantitative estimate of drug-likeness (QED) is 0.905. The Labute approximate surface area is 114 Å². The van der Waals surface area contributed by atoms with Crippen LogP contribution < -0.4 is 0 Å². The van der Waals surface area contributed by atoms with E-state index in [-0.39, 0.29) is 0 Å². The predicted octanol–water partition coefficient (Wildman–Crippen LogP) is 2.78. The van der Waals surface area contributed by atoms with Crippen molar-refractivity contribution in [2.75, 3.05) is 19.7 Å². The zero-order chi connectivity index (χ0) is 13.1. The molecule has 1 fully saturated rings. The average Bonchev–Trinajstić information content (AvgIpc) is 2.44. The highest BCUT2D eigenvalue weighted by Crippen LogP contribution is 2.22. The zero-order valence-corrected chi connectivity index (χ0v) is 11.0. The Morgan fingerprint density at radius 3 is 2.16 bits per heavy atom. The first-order valence-electron chi connectivity index (χ1n) is 6.83. The van der Waals surface area contributed by atoms with E-state index in [0.717, 1.165) is 19.6 Å². The molecule has 1 heterocycles. The second-order valence-electron chi connectivity index (χ2n) is 5.31. The lowest BCUT2D eigenvalue weighted by Gasteiger charge is -2.38. The molecule has 0 aliphatic carbocycles. The summed E-state index contributed by atoms with van der Waals surface area (Å²) in [6.45, 7) is 3.36. The van der Waals surface area contributed by atoms with Crippen LogP contribution in [0.5, 0.6) is 0 Å². The summed E-state index contributed by atoms with van der Waals surface area (Å²) in [5.41, 5.74) is 3.87. The van der Waals surface area contributed by atoms with E-state index in [1.165, 1.54) is 16.7 Å². The van der Waals surface area contributed by atoms with E-state index in [1.807, 2.05) is 6.07 Å². The predicted molar refractivity (Wildman–Crippen MR) is 77.7 cm³/mol. The minimum atomic E-state index is 0.323. The number of hydrogen-bond donors (Lipinski definition) is 1. The summed E-state index contributed by atoms with van der Waals surface area (Å²) in [7, 11) is 0. The molecule has 0 bridgehead atoms. The van der Waals surface area contributed by atoms with E-state index < -0.39 is 0 Å². The molecule has 2 aromatic carbocycles. The SMILES string of the molecule is OCC1CN(Cc2ccc(-c3ccccc3)cc2)C1. The van der Waals surface area contributed by atoms with E-state index >= 15 is 0 Å². The minimum Gasteiger partial charge on any atom is -0.396 e. The second kappa shape index (κ2) is 5.55. The number of aliphatic hydroxyl groups excluding tert-OH is 1. The standard InChI is InChI=1S/C17H19NO/c19-13-15-11-18(12-15)10-14-6-8-17(9-7-14)16-4-2-1-3-5-16/h1-9,15,19H,10-13H2. The van der Waals surface area contributed by atoms with Crippen molar-refractivity contribution >= 4 is 0 Å². The molecule has 0 amide bonds. The van der Waals surface area contributed by atoms with E-state index in [2.05, 4.69) is 53.4 Å². The molecule has 0 radical (unpaired) electrons. The van der Waals surface area contributed by atoms with Crippen molar-refractivity contribution in [2.24, 2.45) is 5.92 Å². The van der Waals surface area contributed by atoms with Crippen LogP contribution in [0.15, 0.2) is 54.6 Å². The number of hydrogen-bond acceptors (Lipinski definition) is 2. The summed E-state index contributed by atoms with van der Waals surface area (Å²) >= 11 is 0. The summed E-state index contributed by atoms with van der Waals surface area (Å²) in [6, 6.07) is 19.2. The first-order chi connectivity index (χ1) is 9.35. The van der Waals surface area contributed by atoms with Gasteiger partial charge in [-0.25, -0.2) is 0 Å². The molecule has 0 aromatic heterocycles. The third kappa shape index (κ3) is 2.86. The molecule has 2 nitrogen and oxygen atoms in total. The van der Waals surface area contributed by atoms with Crippen molar-refractivity contribution in [3.05, 3.63) is 60.2 Å². The number of rotatable bonds is 4. The molecule has 3 rings (SSSR count). The fraction of sp³-hybridized carbons (Fsp3) is 0.294. The number of nitrogens with zero attached hydrogens (tertiary/aromatic N) is 1. The van der Waals surface area contributed by atoms with Gasteiger partial charge in [-0.2, -0.15) is 0 Å². The van der Waals surface area contributed by atoms with Gasteiger partial charge in [-0.3, -0.25) is 4.90 Å². The van der Waals surface area contributed by atoms with Crippen LogP contribution >= 0.6 is 0 Å². The van der Waals surface area contributed by atoms with Crippen molar-refractivity contribution < 1.29 is 5.11 Å². The highest BCUT2D eigenvalue weighted by Gasteiger charge is 2.25. The molecule has 1 saturated heterocycles. The minimum absolute atomic E-state index is 0.323. The first kappa shape index (κ1) is 12.4. The Morgan fingerprint density at radius 1 is 0.895 bits per heavy atom.